The van der Waals surface area contributed by atoms with Gasteiger partial charge in [0.05, 0.1) is 17.4 Å². The van der Waals surface area contributed by atoms with Crippen molar-refractivity contribution in [1.29, 1.82) is 0 Å². The molecule has 0 radical (unpaired) electrons. The minimum Gasteiger partial charge on any atom is -0.336 e. The van der Waals surface area contributed by atoms with Crippen molar-refractivity contribution >= 4 is 28.4 Å². The van der Waals surface area contributed by atoms with Gasteiger partial charge in [0.25, 0.3) is 5.56 Å². The molecule has 0 saturated heterocycles. The Bertz CT molecular complexity index is 1120. The maximum Gasteiger partial charge on any atom is 0.258 e. The molecule has 7 nitrogen and oxygen atoms in total. The Hall–Kier alpha value is -3.48. The molecule has 2 amide bonds. The van der Waals surface area contributed by atoms with Crippen molar-refractivity contribution in [3.63, 3.8) is 0 Å². The predicted octanol–water partition coefficient (Wildman–Crippen LogP) is 2.57. The van der Waals surface area contributed by atoms with Gasteiger partial charge in [0, 0.05) is 25.6 Å². The summed E-state index contributed by atoms with van der Waals surface area (Å²) in [6, 6.07) is 12.8. The lowest BCUT2D eigenvalue weighted by Gasteiger charge is -2.17. The van der Waals surface area contributed by atoms with Crippen LogP contribution in [0.5, 0.6) is 0 Å². The lowest BCUT2D eigenvalue weighted by molar-refractivity contribution is -0.133. The van der Waals surface area contributed by atoms with E-state index in [9.17, 15) is 14.4 Å². The van der Waals surface area contributed by atoms with Gasteiger partial charge in [-0.15, -0.1) is 0 Å². The molecule has 2 aromatic carbocycles. The van der Waals surface area contributed by atoms with Gasteiger partial charge in [0.15, 0.2) is 0 Å². The second-order valence-corrected chi connectivity index (χ2v) is 7.08. The topological polar surface area (TPSA) is 95.2 Å². The van der Waals surface area contributed by atoms with Crippen molar-refractivity contribution in [2.24, 2.45) is 0 Å². The van der Waals surface area contributed by atoms with E-state index in [-0.39, 0.29) is 30.3 Å². The molecule has 1 aromatic heterocycles. The van der Waals surface area contributed by atoms with Gasteiger partial charge in [-0.05, 0) is 43.2 Å². The van der Waals surface area contributed by atoms with Crippen LogP contribution in [0.1, 0.15) is 23.4 Å². The van der Waals surface area contributed by atoms with Crippen molar-refractivity contribution in [3.8, 4) is 0 Å². The molecule has 0 bridgehead atoms. The first-order valence-corrected chi connectivity index (χ1v) is 9.43. The van der Waals surface area contributed by atoms with E-state index < -0.39 is 0 Å². The van der Waals surface area contributed by atoms with Gasteiger partial charge in [0.1, 0.15) is 5.82 Å². The molecule has 2 N–H and O–H groups in total. The summed E-state index contributed by atoms with van der Waals surface area (Å²) in [5.74, 6) is -0.000930. The number of aromatic nitrogens is 2. The summed E-state index contributed by atoms with van der Waals surface area (Å²) in [5, 5.41) is 3.36. The number of fused-ring (bicyclic) bond motifs is 1. The number of amides is 2. The third kappa shape index (κ3) is 4.87. The second kappa shape index (κ2) is 8.68. The molecule has 7 heteroatoms. The lowest BCUT2D eigenvalue weighted by atomic mass is 10.1. The summed E-state index contributed by atoms with van der Waals surface area (Å²) in [6.07, 6.45) is 0.441. The van der Waals surface area contributed by atoms with Crippen LogP contribution in [0, 0.1) is 13.8 Å². The van der Waals surface area contributed by atoms with Gasteiger partial charge in [-0.1, -0.05) is 24.3 Å². The van der Waals surface area contributed by atoms with E-state index >= 15 is 0 Å². The normalized spacial score (nSPS) is 10.7. The standard InChI is InChI=1S/C22H24N4O3/c1-14-7-6-10-17(15(14)2)24-20(27)13-26(3)21(28)12-11-19-23-18-9-5-4-8-16(18)22(29)25-19/h4-10H,11-13H2,1-3H3,(H,24,27)(H,23,25,29). The number of likely N-dealkylation sites (N-methyl/N-ethyl adjacent to an activating group) is 1. The van der Waals surface area contributed by atoms with Crippen LogP contribution in [0.3, 0.4) is 0 Å². The van der Waals surface area contributed by atoms with Gasteiger partial charge in [-0.3, -0.25) is 14.4 Å². The fourth-order valence-corrected chi connectivity index (χ4v) is 3.05. The number of hydrogen-bond donors (Lipinski definition) is 2. The maximum atomic E-state index is 12.4. The molecule has 0 aliphatic rings. The van der Waals surface area contributed by atoms with Gasteiger partial charge >= 0.3 is 0 Å². The molecule has 29 heavy (non-hydrogen) atoms. The summed E-state index contributed by atoms with van der Waals surface area (Å²) in [6.45, 7) is 3.87. The largest absolute Gasteiger partial charge is 0.336 e. The first-order chi connectivity index (χ1) is 13.8. The number of rotatable bonds is 6. The first-order valence-electron chi connectivity index (χ1n) is 9.43. The number of carbonyl (C=O) groups excluding carboxylic acids is 2. The van der Waals surface area contributed by atoms with E-state index in [2.05, 4.69) is 15.3 Å². The molecule has 150 valence electrons. The van der Waals surface area contributed by atoms with Crippen molar-refractivity contribution in [2.75, 3.05) is 18.9 Å². The van der Waals surface area contributed by atoms with Gasteiger partial charge in [-0.25, -0.2) is 4.98 Å². The van der Waals surface area contributed by atoms with Gasteiger partial charge < -0.3 is 15.2 Å². The zero-order valence-electron chi connectivity index (χ0n) is 16.8. The molecule has 0 spiro atoms. The van der Waals surface area contributed by atoms with Crippen LogP contribution in [0.25, 0.3) is 10.9 Å². The minimum absolute atomic E-state index is 0.0477. The Kier molecular flexibility index (Phi) is 6.07. The lowest BCUT2D eigenvalue weighted by Crippen LogP contribution is -2.35. The average Bonchev–Trinajstić information content (AvgIpc) is 2.69. The van der Waals surface area contributed by atoms with E-state index in [1.807, 2.05) is 38.1 Å². The number of para-hydroxylation sites is 1. The zero-order valence-corrected chi connectivity index (χ0v) is 16.8. The van der Waals surface area contributed by atoms with Crippen LogP contribution in [-0.4, -0.2) is 40.3 Å². The molecular formula is C22H24N4O3. The van der Waals surface area contributed by atoms with Crippen LogP contribution >= 0.6 is 0 Å². The quantitative estimate of drug-likeness (QED) is 0.674. The zero-order chi connectivity index (χ0) is 21.0. The fourth-order valence-electron chi connectivity index (χ4n) is 3.05. The Morgan fingerprint density at radius 1 is 1.10 bits per heavy atom. The van der Waals surface area contributed by atoms with Gasteiger partial charge in [0.2, 0.25) is 11.8 Å². The number of nitrogens with one attached hydrogen (secondary N) is 2. The molecule has 0 aliphatic heterocycles. The highest BCUT2D eigenvalue weighted by Gasteiger charge is 2.15. The van der Waals surface area contributed by atoms with E-state index in [0.717, 1.165) is 16.8 Å². The number of nitrogens with zero attached hydrogens (tertiary/aromatic N) is 2. The van der Waals surface area contributed by atoms with Crippen LogP contribution in [0.15, 0.2) is 47.3 Å². The van der Waals surface area contributed by atoms with E-state index in [1.54, 1.807) is 25.2 Å². The Labute approximate surface area is 168 Å². The number of aryl methyl sites for hydroxylation is 2. The highest BCUT2D eigenvalue weighted by molar-refractivity contribution is 5.95. The van der Waals surface area contributed by atoms with Gasteiger partial charge in [-0.2, -0.15) is 0 Å². The Morgan fingerprint density at radius 2 is 1.86 bits per heavy atom. The smallest absolute Gasteiger partial charge is 0.258 e. The number of carbonyl (C=O) groups is 2. The third-order valence-electron chi connectivity index (χ3n) is 4.92. The molecule has 0 aliphatic carbocycles. The van der Waals surface area contributed by atoms with Crippen LogP contribution < -0.4 is 10.9 Å². The molecule has 1 heterocycles. The summed E-state index contributed by atoms with van der Waals surface area (Å²) in [4.78, 5) is 45.3. The predicted molar refractivity (Wildman–Crippen MR) is 113 cm³/mol. The number of benzene rings is 2. The molecule has 0 unspecified atom stereocenters. The maximum absolute atomic E-state index is 12.4. The molecule has 3 aromatic rings. The second-order valence-electron chi connectivity index (χ2n) is 7.08. The Morgan fingerprint density at radius 3 is 2.66 bits per heavy atom. The highest BCUT2D eigenvalue weighted by Crippen LogP contribution is 2.17. The summed E-state index contributed by atoms with van der Waals surface area (Å²) >= 11 is 0. The first kappa shape index (κ1) is 20.3. The van der Waals surface area contributed by atoms with E-state index in [4.69, 9.17) is 0 Å². The molecule has 0 saturated carbocycles. The highest BCUT2D eigenvalue weighted by atomic mass is 16.2. The summed E-state index contributed by atoms with van der Waals surface area (Å²) in [7, 11) is 1.58. The van der Waals surface area contributed by atoms with Crippen LogP contribution in [0.4, 0.5) is 5.69 Å². The van der Waals surface area contributed by atoms with Crippen molar-refractivity contribution in [2.45, 2.75) is 26.7 Å². The molecule has 0 atom stereocenters. The summed E-state index contributed by atoms with van der Waals surface area (Å²) < 4.78 is 0. The van der Waals surface area contributed by atoms with E-state index in [1.165, 1.54) is 4.90 Å². The third-order valence-corrected chi connectivity index (χ3v) is 4.92. The number of anilines is 1. The van der Waals surface area contributed by atoms with Crippen LogP contribution in [0.2, 0.25) is 0 Å². The van der Waals surface area contributed by atoms with Crippen molar-refractivity contribution < 1.29 is 9.59 Å². The molecule has 0 fully saturated rings. The monoisotopic (exact) mass is 392 g/mol. The van der Waals surface area contributed by atoms with E-state index in [0.29, 0.717) is 23.1 Å². The molecular weight excluding hydrogens is 368 g/mol. The number of aromatic amines is 1. The minimum atomic E-state index is -0.258. The van der Waals surface area contributed by atoms with Crippen molar-refractivity contribution in [3.05, 3.63) is 69.8 Å². The number of H-pyrrole nitrogens is 1. The molecule has 3 rings (SSSR count). The van der Waals surface area contributed by atoms with Crippen LogP contribution in [-0.2, 0) is 16.0 Å². The number of hydrogen-bond acceptors (Lipinski definition) is 4. The van der Waals surface area contributed by atoms with Crippen molar-refractivity contribution in [1.82, 2.24) is 14.9 Å². The SMILES string of the molecule is Cc1cccc(NC(=O)CN(C)C(=O)CCc2nc3ccccc3c(=O)[nH]2)c1C. The average molecular weight is 392 g/mol. The Balaban J connectivity index is 1.57. The fraction of sp³-hybridized carbons (Fsp3) is 0.273. The summed E-state index contributed by atoms with van der Waals surface area (Å²) in [5.41, 5.74) is 3.21.